The van der Waals surface area contributed by atoms with Gasteiger partial charge in [-0.2, -0.15) is 0 Å². The number of hydrogen-bond donors (Lipinski definition) is 1. The first kappa shape index (κ1) is 14.7. The summed E-state index contributed by atoms with van der Waals surface area (Å²) in [6.07, 6.45) is 5.01. The molecule has 1 N–H and O–H groups in total. The van der Waals surface area contributed by atoms with Crippen molar-refractivity contribution >= 4 is 15.9 Å². The molecule has 2 heteroatoms. The van der Waals surface area contributed by atoms with Crippen molar-refractivity contribution in [2.45, 2.75) is 45.6 Å². The van der Waals surface area contributed by atoms with E-state index in [-0.39, 0.29) is 0 Å². The minimum Gasteiger partial charge on any atom is -0.317 e. The maximum Gasteiger partial charge on any atom is 0.0175 e. The Balaban J connectivity index is 2.48. The van der Waals surface area contributed by atoms with Crippen molar-refractivity contribution in [2.24, 2.45) is 5.92 Å². The summed E-state index contributed by atoms with van der Waals surface area (Å²) in [6.45, 7) is 4.62. The number of halogens is 1. The largest absolute Gasteiger partial charge is 0.317 e. The van der Waals surface area contributed by atoms with Crippen molar-refractivity contribution in [1.29, 1.82) is 0 Å². The molecule has 0 radical (unpaired) electrons. The van der Waals surface area contributed by atoms with E-state index < -0.39 is 0 Å². The van der Waals surface area contributed by atoms with Crippen LogP contribution >= 0.6 is 15.9 Å². The van der Waals surface area contributed by atoms with Gasteiger partial charge in [-0.25, -0.2) is 0 Å². The van der Waals surface area contributed by atoms with Gasteiger partial charge in [0.05, 0.1) is 0 Å². The summed E-state index contributed by atoms with van der Waals surface area (Å²) in [5.41, 5.74) is 1.41. The molecule has 0 aliphatic heterocycles. The van der Waals surface area contributed by atoms with E-state index >= 15 is 0 Å². The predicted molar refractivity (Wildman–Crippen MR) is 79.4 cm³/mol. The second-order valence-corrected chi connectivity index (χ2v) is 5.86. The van der Waals surface area contributed by atoms with Gasteiger partial charge in [0.1, 0.15) is 0 Å². The summed E-state index contributed by atoms with van der Waals surface area (Å²) >= 11 is 3.47. The molecule has 0 fully saturated rings. The van der Waals surface area contributed by atoms with Crippen molar-refractivity contribution in [2.75, 3.05) is 7.05 Å². The molecule has 0 aromatic heterocycles. The third-order valence-electron chi connectivity index (χ3n) is 3.27. The summed E-state index contributed by atoms with van der Waals surface area (Å²) in [4.78, 5) is 0. The molecule has 0 aliphatic rings. The molecule has 1 aromatic rings. The number of benzene rings is 1. The molecule has 0 spiro atoms. The minimum atomic E-state index is 0.595. The number of hydrogen-bond acceptors (Lipinski definition) is 1. The zero-order valence-corrected chi connectivity index (χ0v) is 12.8. The van der Waals surface area contributed by atoms with E-state index in [1.54, 1.807) is 0 Å². The highest BCUT2D eigenvalue weighted by Crippen LogP contribution is 2.17. The molecule has 2 unspecified atom stereocenters. The van der Waals surface area contributed by atoms with Crippen LogP contribution in [0.3, 0.4) is 0 Å². The third kappa shape index (κ3) is 5.69. The van der Waals surface area contributed by atoms with Crippen LogP contribution < -0.4 is 5.32 Å². The van der Waals surface area contributed by atoms with Gasteiger partial charge < -0.3 is 5.32 Å². The van der Waals surface area contributed by atoms with Crippen LogP contribution in [0.1, 0.15) is 38.7 Å². The molecule has 0 saturated carbocycles. The first-order chi connectivity index (χ1) is 8.15. The summed E-state index contributed by atoms with van der Waals surface area (Å²) < 4.78 is 1.15. The SMILES string of the molecule is CCCC(C)CC(Cc1ccc(Br)cc1)NC. The van der Waals surface area contributed by atoms with Gasteiger partial charge in [-0.1, -0.05) is 54.8 Å². The first-order valence-electron chi connectivity index (χ1n) is 6.57. The third-order valence-corrected chi connectivity index (χ3v) is 3.80. The van der Waals surface area contributed by atoms with Crippen LogP contribution in [0.4, 0.5) is 0 Å². The van der Waals surface area contributed by atoms with Crippen LogP contribution in [0.25, 0.3) is 0 Å². The molecule has 0 bridgehead atoms. The molecule has 1 rings (SSSR count). The maximum absolute atomic E-state index is 3.47. The Bertz CT molecular complexity index is 307. The van der Waals surface area contributed by atoms with Gasteiger partial charge in [0.15, 0.2) is 0 Å². The summed E-state index contributed by atoms with van der Waals surface area (Å²) in [7, 11) is 2.07. The predicted octanol–water partition coefficient (Wildman–Crippen LogP) is 4.41. The van der Waals surface area contributed by atoms with E-state index in [0.29, 0.717) is 6.04 Å². The van der Waals surface area contributed by atoms with Gasteiger partial charge in [0, 0.05) is 10.5 Å². The smallest absolute Gasteiger partial charge is 0.0175 e. The van der Waals surface area contributed by atoms with Crippen LogP contribution in [-0.4, -0.2) is 13.1 Å². The molecule has 0 amide bonds. The highest BCUT2D eigenvalue weighted by molar-refractivity contribution is 9.10. The van der Waals surface area contributed by atoms with Crippen LogP contribution in [-0.2, 0) is 6.42 Å². The highest BCUT2D eigenvalue weighted by atomic mass is 79.9. The number of nitrogens with one attached hydrogen (secondary N) is 1. The van der Waals surface area contributed by atoms with Crippen molar-refractivity contribution in [3.05, 3.63) is 34.3 Å². The molecule has 2 atom stereocenters. The van der Waals surface area contributed by atoms with Gasteiger partial charge in [0.25, 0.3) is 0 Å². The lowest BCUT2D eigenvalue weighted by atomic mass is 9.93. The Labute approximate surface area is 114 Å². The second kappa shape index (κ2) is 7.88. The second-order valence-electron chi connectivity index (χ2n) is 4.95. The summed E-state index contributed by atoms with van der Waals surface area (Å²) in [5.74, 6) is 0.813. The Morgan fingerprint density at radius 2 is 1.88 bits per heavy atom. The minimum absolute atomic E-state index is 0.595. The van der Waals surface area contributed by atoms with Crippen LogP contribution in [0.15, 0.2) is 28.7 Å². The first-order valence-corrected chi connectivity index (χ1v) is 7.36. The van der Waals surface area contributed by atoms with E-state index in [0.717, 1.165) is 16.8 Å². The molecule has 1 nitrogen and oxygen atoms in total. The lowest BCUT2D eigenvalue weighted by molar-refractivity contribution is 0.397. The van der Waals surface area contributed by atoms with Gasteiger partial charge in [-0.15, -0.1) is 0 Å². The van der Waals surface area contributed by atoms with Crippen molar-refractivity contribution in [1.82, 2.24) is 5.32 Å². The quantitative estimate of drug-likeness (QED) is 0.786. The van der Waals surface area contributed by atoms with Gasteiger partial charge in [-0.3, -0.25) is 0 Å². The zero-order valence-electron chi connectivity index (χ0n) is 11.2. The molecule has 0 aliphatic carbocycles. The zero-order chi connectivity index (χ0) is 12.7. The van der Waals surface area contributed by atoms with E-state index in [4.69, 9.17) is 0 Å². The Morgan fingerprint density at radius 1 is 1.24 bits per heavy atom. The van der Waals surface area contributed by atoms with E-state index in [9.17, 15) is 0 Å². The summed E-state index contributed by atoms with van der Waals surface area (Å²) in [5, 5.41) is 3.44. The molecule has 17 heavy (non-hydrogen) atoms. The van der Waals surface area contributed by atoms with Crippen molar-refractivity contribution in [3.8, 4) is 0 Å². The molecule has 0 heterocycles. The van der Waals surface area contributed by atoms with Gasteiger partial charge in [-0.05, 0) is 43.5 Å². The molecular weight excluding hydrogens is 274 g/mol. The average Bonchev–Trinajstić information content (AvgIpc) is 2.31. The number of likely N-dealkylation sites (N-methyl/N-ethyl adjacent to an activating group) is 1. The molecule has 0 saturated heterocycles. The number of rotatable bonds is 7. The van der Waals surface area contributed by atoms with Crippen LogP contribution in [0.2, 0.25) is 0 Å². The lowest BCUT2D eigenvalue weighted by Gasteiger charge is -2.20. The summed E-state index contributed by atoms with van der Waals surface area (Å²) in [6, 6.07) is 9.25. The van der Waals surface area contributed by atoms with E-state index in [1.165, 1.54) is 24.8 Å². The fourth-order valence-electron chi connectivity index (χ4n) is 2.30. The average molecular weight is 298 g/mol. The van der Waals surface area contributed by atoms with E-state index in [2.05, 4.69) is 66.4 Å². The molecular formula is C15H24BrN. The Hall–Kier alpha value is -0.340. The fourth-order valence-corrected chi connectivity index (χ4v) is 2.57. The normalized spacial score (nSPS) is 14.6. The van der Waals surface area contributed by atoms with Gasteiger partial charge >= 0.3 is 0 Å². The van der Waals surface area contributed by atoms with Gasteiger partial charge in [0.2, 0.25) is 0 Å². The Kier molecular flexibility index (Phi) is 6.83. The molecule has 1 aromatic carbocycles. The topological polar surface area (TPSA) is 12.0 Å². The fraction of sp³-hybridized carbons (Fsp3) is 0.600. The Morgan fingerprint density at radius 3 is 2.41 bits per heavy atom. The standard InChI is InChI=1S/C15H24BrN/c1-4-5-12(2)10-15(17-3)11-13-6-8-14(16)9-7-13/h6-9,12,15,17H,4-5,10-11H2,1-3H3. The maximum atomic E-state index is 3.47. The van der Waals surface area contributed by atoms with Crippen molar-refractivity contribution < 1.29 is 0 Å². The lowest BCUT2D eigenvalue weighted by Crippen LogP contribution is -2.29. The molecule has 96 valence electrons. The monoisotopic (exact) mass is 297 g/mol. The highest BCUT2D eigenvalue weighted by Gasteiger charge is 2.11. The van der Waals surface area contributed by atoms with Crippen molar-refractivity contribution in [3.63, 3.8) is 0 Å². The van der Waals surface area contributed by atoms with Crippen LogP contribution in [0, 0.1) is 5.92 Å². The van der Waals surface area contributed by atoms with E-state index in [1.807, 2.05) is 0 Å². The van der Waals surface area contributed by atoms with Crippen LogP contribution in [0.5, 0.6) is 0 Å².